The molecule has 0 radical (unpaired) electrons. The van der Waals surface area contributed by atoms with Crippen molar-refractivity contribution in [3.63, 3.8) is 0 Å². The fourth-order valence-electron chi connectivity index (χ4n) is 1.56. The van der Waals surface area contributed by atoms with E-state index >= 15 is 0 Å². The van der Waals surface area contributed by atoms with Crippen molar-refractivity contribution in [2.45, 2.75) is 24.9 Å². The zero-order chi connectivity index (χ0) is 13.8. The molecule has 0 aliphatic heterocycles. The maximum Gasteiger partial charge on any atom is 0.355 e. The molecule has 0 bridgehead atoms. The predicted molar refractivity (Wildman–Crippen MR) is 80.9 cm³/mol. The number of rotatable bonds is 5. The van der Waals surface area contributed by atoms with Gasteiger partial charge in [0.25, 0.3) is 0 Å². The summed E-state index contributed by atoms with van der Waals surface area (Å²) in [6, 6.07) is 8.13. The molecule has 0 unspecified atom stereocenters. The largest absolute Gasteiger partial charge is 0.476 e. The monoisotopic (exact) mass is 293 g/mol. The molecular weight excluding hydrogens is 278 g/mol. The van der Waals surface area contributed by atoms with E-state index in [2.05, 4.69) is 31.0 Å². The van der Waals surface area contributed by atoms with Crippen molar-refractivity contribution in [3.05, 3.63) is 40.9 Å². The molecule has 19 heavy (non-hydrogen) atoms. The van der Waals surface area contributed by atoms with Crippen molar-refractivity contribution >= 4 is 29.1 Å². The summed E-state index contributed by atoms with van der Waals surface area (Å²) < 4.78 is 0. The molecule has 0 saturated carbocycles. The SMILES string of the molecule is CC(C)SCc1cccc(-c2nc(C(=O)O)cs2)c1. The summed E-state index contributed by atoms with van der Waals surface area (Å²) in [5.74, 6) is -0.0168. The molecular formula is C14H15NO2S2. The second-order valence-corrected chi connectivity index (χ2v) is 6.83. The molecule has 0 aliphatic carbocycles. The number of thioether (sulfide) groups is 1. The highest BCUT2D eigenvalue weighted by Gasteiger charge is 2.10. The van der Waals surface area contributed by atoms with Crippen LogP contribution >= 0.6 is 23.1 Å². The molecule has 100 valence electrons. The fraction of sp³-hybridized carbons (Fsp3) is 0.286. The minimum Gasteiger partial charge on any atom is -0.476 e. The third-order valence-corrected chi connectivity index (χ3v) is 4.54. The molecule has 5 heteroatoms. The van der Waals surface area contributed by atoms with Gasteiger partial charge in [-0.1, -0.05) is 32.0 Å². The van der Waals surface area contributed by atoms with Crippen LogP contribution in [0.2, 0.25) is 0 Å². The third-order valence-electron chi connectivity index (χ3n) is 2.48. The van der Waals surface area contributed by atoms with Crippen molar-refractivity contribution in [1.82, 2.24) is 4.98 Å². The smallest absolute Gasteiger partial charge is 0.355 e. The predicted octanol–water partition coefficient (Wildman–Crippen LogP) is 4.15. The lowest BCUT2D eigenvalue weighted by Gasteiger charge is -2.06. The zero-order valence-electron chi connectivity index (χ0n) is 10.8. The van der Waals surface area contributed by atoms with E-state index in [1.807, 2.05) is 23.9 Å². The van der Waals surface area contributed by atoms with Crippen molar-refractivity contribution < 1.29 is 9.90 Å². The normalized spacial score (nSPS) is 10.9. The molecule has 0 atom stereocenters. The highest BCUT2D eigenvalue weighted by atomic mass is 32.2. The Hall–Kier alpha value is -1.33. The Labute approximate surface area is 120 Å². The van der Waals surface area contributed by atoms with E-state index in [1.165, 1.54) is 16.9 Å². The Bertz CT molecular complexity index is 578. The summed E-state index contributed by atoms with van der Waals surface area (Å²) in [5.41, 5.74) is 2.34. The lowest BCUT2D eigenvalue weighted by atomic mass is 10.1. The van der Waals surface area contributed by atoms with Crippen LogP contribution in [0, 0.1) is 0 Å². The van der Waals surface area contributed by atoms with E-state index in [-0.39, 0.29) is 5.69 Å². The molecule has 3 nitrogen and oxygen atoms in total. The second kappa shape index (κ2) is 6.21. The van der Waals surface area contributed by atoms with Gasteiger partial charge in [-0.3, -0.25) is 0 Å². The first kappa shape index (κ1) is 14.1. The van der Waals surface area contributed by atoms with Crippen molar-refractivity contribution in [1.29, 1.82) is 0 Å². The number of aromatic carboxylic acids is 1. The Balaban J connectivity index is 2.19. The van der Waals surface area contributed by atoms with Crippen molar-refractivity contribution in [3.8, 4) is 10.6 Å². The molecule has 1 aromatic carbocycles. The Morgan fingerprint density at radius 3 is 2.89 bits per heavy atom. The molecule has 1 heterocycles. The lowest BCUT2D eigenvalue weighted by molar-refractivity contribution is 0.0691. The minimum absolute atomic E-state index is 0.113. The summed E-state index contributed by atoms with van der Waals surface area (Å²) >= 11 is 3.25. The molecule has 0 spiro atoms. The molecule has 0 amide bonds. The molecule has 1 aromatic heterocycles. The van der Waals surface area contributed by atoms with Gasteiger partial charge in [-0.25, -0.2) is 9.78 Å². The number of carbonyl (C=O) groups is 1. The Morgan fingerprint density at radius 1 is 1.47 bits per heavy atom. The van der Waals surface area contributed by atoms with Gasteiger partial charge < -0.3 is 5.11 Å². The third kappa shape index (κ3) is 3.81. The fourth-order valence-corrected chi connectivity index (χ4v) is 3.06. The maximum atomic E-state index is 10.8. The molecule has 0 aliphatic rings. The van der Waals surface area contributed by atoms with Crippen LogP contribution in [-0.4, -0.2) is 21.3 Å². The van der Waals surface area contributed by atoms with E-state index < -0.39 is 5.97 Å². The first-order valence-electron chi connectivity index (χ1n) is 5.96. The van der Waals surface area contributed by atoms with Gasteiger partial charge in [0.2, 0.25) is 0 Å². The van der Waals surface area contributed by atoms with E-state index in [4.69, 9.17) is 5.11 Å². The molecule has 0 fully saturated rings. The van der Waals surface area contributed by atoms with Crippen LogP contribution in [0.1, 0.15) is 29.9 Å². The Morgan fingerprint density at radius 2 is 2.26 bits per heavy atom. The Kier molecular flexibility index (Phi) is 4.61. The van der Waals surface area contributed by atoms with Crippen LogP contribution in [0.4, 0.5) is 0 Å². The van der Waals surface area contributed by atoms with Gasteiger partial charge in [0, 0.05) is 16.7 Å². The topological polar surface area (TPSA) is 50.2 Å². The highest BCUT2D eigenvalue weighted by molar-refractivity contribution is 7.99. The minimum atomic E-state index is -0.978. The van der Waals surface area contributed by atoms with Crippen LogP contribution in [0.25, 0.3) is 10.6 Å². The number of nitrogens with zero attached hydrogens (tertiary/aromatic N) is 1. The second-order valence-electron chi connectivity index (χ2n) is 4.40. The quantitative estimate of drug-likeness (QED) is 0.899. The van der Waals surface area contributed by atoms with Gasteiger partial charge >= 0.3 is 5.97 Å². The summed E-state index contributed by atoms with van der Waals surface area (Å²) in [6.45, 7) is 4.35. The number of thiazole rings is 1. The van der Waals surface area contributed by atoms with Crippen LogP contribution < -0.4 is 0 Å². The zero-order valence-corrected chi connectivity index (χ0v) is 12.4. The number of carboxylic acids is 1. The molecule has 0 saturated heterocycles. The summed E-state index contributed by atoms with van der Waals surface area (Å²) in [4.78, 5) is 15.0. The molecule has 2 aromatic rings. The van der Waals surface area contributed by atoms with Gasteiger partial charge in [0.1, 0.15) is 5.01 Å². The van der Waals surface area contributed by atoms with Crippen LogP contribution in [-0.2, 0) is 5.75 Å². The first-order chi connectivity index (χ1) is 9.06. The number of aromatic nitrogens is 1. The van der Waals surface area contributed by atoms with Gasteiger partial charge in [-0.15, -0.1) is 11.3 Å². The van der Waals surface area contributed by atoms with Crippen molar-refractivity contribution in [2.24, 2.45) is 0 Å². The summed E-state index contributed by atoms with van der Waals surface area (Å²) in [5, 5.41) is 11.8. The number of carboxylic acid groups (broad SMARTS) is 1. The molecule has 2 rings (SSSR count). The standard InChI is InChI=1S/C14H15NO2S2/c1-9(2)18-7-10-4-3-5-11(6-10)13-15-12(8-19-13)14(16)17/h3-6,8-9H,7H2,1-2H3,(H,16,17). The van der Waals surface area contributed by atoms with Gasteiger partial charge in [-0.2, -0.15) is 11.8 Å². The average molecular weight is 293 g/mol. The van der Waals surface area contributed by atoms with E-state index in [0.717, 1.165) is 16.3 Å². The highest BCUT2D eigenvalue weighted by Crippen LogP contribution is 2.26. The van der Waals surface area contributed by atoms with E-state index in [1.54, 1.807) is 5.38 Å². The molecule has 1 N–H and O–H groups in total. The van der Waals surface area contributed by atoms with Crippen LogP contribution in [0.15, 0.2) is 29.6 Å². The van der Waals surface area contributed by atoms with Gasteiger partial charge in [-0.05, 0) is 16.9 Å². The summed E-state index contributed by atoms with van der Waals surface area (Å²) in [6.07, 6.45) is 0. The van der Waals surface area contributed by atoms with Gasteiger partial charge in [0.15, 0.2) is 5.69 Å². The number of hydrogen-bond acceptors (Lipinski definition) is 4. The maximum absolute atomic E-state index is 10.8. The lowest BCUT2D eigenvalue weighted by Crippen LogP contribution is -1.95. The van der Waals surface area contributed by atoms with Crippen LogP contribution in [0.5, 0.6) is 0 Å². The van der Waals surface area contributed by atoms with Crippen LogP contribution in [0.3, 0.4) is 0 Å². The van der Waals surface area contributed by atoms with Crippen molar-refractivity contribution in [2.75, 3.05) is 0 Å². The van der Waals surface area contributed by atoms with Gasteiger partial charge in [0.05, 0.1) is 0 Å². The first-order valence-corrected chi connectivity index (χ1v) is 7.89. The number of benzene rings is 1. The average Bonchev–Trinajstić information content (AvgIpc) is 2.86. The van der Waals surface area contributed by atoms with E-state index in [9.17, 15) is 4.79 Å². The van der Waals surface area contributed by atoms with E-state index in [0.29, 0.717) is 5.25 Å². The number of hydrogen-bond donors (Lipinski definition) is 1. The summed E-state index contributed by atoms with van der Waals surface area (Å²) in [7, 11) is 0.